The maximum absolute atomic E-state index is 9.83. The number of aliphatic hydroxyl groups is 1. The predicted octanol–water partition coefficient (Wildman–Crippen LogP) is 2.27. The molecule has 3 heteroatoms. The quantitative estimate of drug-likeness (QED) is 0.584. The minimum Gasteiger partial charge on any atom is -0.388 e. The summed E-state index contributed by atoms with van der Waals surface area (Å²) in [6, 6.07) is 0. The highest BCUT2D eigenvalue weighted by Gasteiger charge is 2.18. The first kappa shape index (κ1) is 14.3. The average Bonchev–Trinajstić information content (AvgIpc) is 2.11. The van der Waals surface area contributed by atoms with Gasteiger partial charge < -0.3 is 10.4 Å². The molecule has 1 unspecified atom stereocenters. The van der Waals surface area contributed by atoms with Gasteiger partial charge in [0.25, 0.3) is 0 Å². The van der Waals surface area contributed by atoms with Crippen molar-refractivity contribution >= 4 is 11.8 Å². The van der Waals surface area contributed by atoms with Crippen molar-refractivity contribution in [2.75, 3.05) is 25.1 Å². The molecule has 0 saturated heterocycles. The Morgan fingerprint density at radius 1 is 1.29 bits per heavy atom. The monoisotopic (exact) mass is 219 g/mol. The van der Waals surface area contributed by atoms with Crippen molar-refractivity contribution in [2.45, 2.75) is 45.1 Å². The lowest BCUT2D eigenvalue weighted by Crippen LogP contribution is -2.40. The molecule has 0 aliphatic carbocycles. The lowest BCUT2D eigenvalue weighted by molar-refractivity contribution is 0.0850. The summed E-state index contributed by atoms with van der Waals surface area (Å²) >= 11 is 1.69. The highest BCUT2D eigenvalue weighted by atomic mass is 32.2. The van der Waals surface area contributed by atoms with Gasteiger partial charge in [-0.05, 0) is 26.1 Å². The van der Waals surface area contributed by atoms with E-state index in [1.807, 2.05) is 13.2 Å². The van der Waals surface area contributed by atoms with Gasteiger partial charge >= 0.3 is 0 Å². The van der Waals surface area contributed by atoms with Crippen molar-refractivity contribution in [3.05, 3.63) is 0 Å². The minimum atomic E-state index is -0.551. The molecule has 0 radical (unpaired) electrons. The molecule has 0 bridgehead atoms. The summed E-state index contributed by atoms with van der Waals surface area (Å²) < 4.78 is 0. The topological polar surface area (TPSA) is 32.3 Å². The van der Waals surface area contributed by atoms with Crippen LogP contribution in [0.5, 0.6) is 0 Å². The Kier molecular flexibility index (Phi) is 8.73. The number of thioether (sulfide) groups is 1. The fourth-order valence-corrected chi connectivity index (χ4v) is 2.12. The van der Waals surface area contributed by atoms with Crippen molar-refractivity contribution in [3.8, 4) is 0 Å². The molecule has 0 amide bonds. The molecule has 0 aromatic heterocycles. The van der Waals surface area contributed by atoms with E-state index in [1.165, 1.54) is 25.7 Å². The van der Waals surface area contributed by atoms with Crippen LogP contribution < -0.4 is 5.32 Å². The van der Waals surface area contributed by atoms with Gasteiger partial charge in [0.1, 0.15) is 0 Å². The van der Waals surface area contributed by atoms with Gasteiger partial charge in [-0.25, -0.2) is 0 Å². The van der Waals surface area contributed by atoms with Crippen molar-refractivity contribution in [1.82, 2.24) is 5.32 Å². The van der Waals surface area contributed by atoms with Gasteiger partial charge in [0.15, 0.2) is 0 Å². The lowest BCUT2D eigenvalue weighted by Gasteiger charge is -2.22. The van der Waals surface area contributed by atoms with Gasteiger partial charge in [0.2, 0.25) is 0 Å². The van der Waals surface area contributed by atoms with Crippen LogP contribution in [0.4, 0.5) is 0 Å². The molecule has 14 heavy (non-hydrogen) atoms. The lowest BCUT2D eigenvalue weighted by atomic mass is 10.1. The van der Waals surface area contributed by atoms with E-state index < -0.39 is 5.60 Å². The van der Waals surface area contributed by atoms with E-state index in [0.29, 0.717) is 6.54 Å². The Morgan fingerprint density at radius 3 is 2.57 bits per heavy atom. The molecule has 0 spiro atoms. The normalized spacial score (nSPS) is 15.4. The van der Waals surface area contributed by atoms with Gasteiger partial charge in [0, 0.05) is 12.3 Å². The second-order valence-corrected chi connectivity index (χ2v) is 5.03. The van der Waals surface area contributed by atoms with Gasteiger partial charge in [-0.15, -0.1) is 0 Å². The van der Waals surface area contributed by atoms with Crippen molar-refractivity contribution in [3.63, 3.8) is 0 Å². The number of rotatable bonds is 9. The fourth-order valence-electron chi connectivity index (χ4n) is 1.40. The summed E-state index contributed by atoms with van der Waals surface area (Å²) in [6.07, 6.45) is 7.15. The Bertz CT molecular complexity index is 128. The summed E-state index contributed by atoms with van der Waals surface area (Å²) in [7, 11) is 0. The zero-order valence-electron chi connectivity index (χ0n) is 9.81. The summed E-state index contributed by atoms with van der Waals surface area (Å²) in [5.41, 5.74) is -0.551. The molecular weight excluding hydrogens is 194 g/mol. The Labute approximate surface area is 92.9 Å². The van der Waals surface area contributed by atoms with E-state index in [-0.39, 0.29) is 0 Å². The van der Waals surface area contributed by atoms with Gasteiger partial charge in [0.05, 0.1) is 5.60 Å². The third-order valence-corrected chi connectivity index (χ3v) is 3.08. The molecule has 2 nitrogen and oxygen atoms in total. The third-order valence-electron chi connectivity index (χ3n) is 2.17. The van der Waals surface area contributed by atoms with E-state index in [1.54, 1.807) is 11.8 Å². The van der Waals surface area contributed by atoms with E-state index in [2.05, 4.69) is 12.2 Å². The van der Waals surface area contributed by atoms with Crippen molar-refractivity contribution in [2.24, 2.45) is 0 Å². The molecule has 0 aliphatic rings. The van der Waals surface area contributed by atoms with Crippen LogP contribution in [-0.4, -0.2) is 35.8 Å². The first-order chi connectivity index (χ1) is 6.62. The second-order valence-electron chi connectivity index (χ2n) is 4.17. The van der Waals surface area contributed by atoms with E-state index in [0.717, 1.165) is 12.3 Å². The molecule has 0 aromatic rings. The molecule has 86 valence electrons. The Morgan fingerprint density at radius 2 is 2.00 bits per heavy atom. The third kappa shape index (κ3) is 8.85. The zero-order chi connectivity index (χ0) is 10.9. The van der Waals surface area contributed by atoms with Crippen LogP contribution in [0.25, 0.3) is 0 Å². The number of hydrogen-bond donors (Lipinski definition) is 2. The van der Waals surface area contributed by atoms with E-state index in [9.17, 15) is 5.11 Å². The predicted molar refractivity (Wildman–Crippen MR) is 66.0 cm³/mol. The number of hydrogen-bond acceptors (Lipinski definition) is 3. The number of unbranched alkanes of at least 4 members (excludes halogenated alkanes) is 3. The molecule has 0 heterocycles. The van der Waals surface area contributed by atoms with E-state index >= 15 is 0 Å². The maximum atomic E-state index is 9.83. The summed E-state index contributed by atoms with van der Waals surface area (Å²) in [5, 5.41) is 13.1. The minimum absolute atomic E-state index is 0.551. The molecule has 0 saturated carbocycles. The molecule has 0 aliphatic heterocycles. The van der Waals surface area contributed by atoms with Crippen LogP contribution in [0, 0.1) is 0 Å². The number of nitrogens with one attached hydrogen (secondary N) is 1. The molecule has 1 atom stereocenters. The van der Waals surface area contributed by atoms with Crippen LogP contribution in [0.1, 0.15) is 39.5 Å². The maximum Gasteiger partial charge on any atom is 0.0833 e. The summed E-state index contributed by atoms with van der Waals surface area (Å²) in [6.45, 7) is 5.85. The fraction of sp³-hybridized carbons (Fsp3) is 1.00. The molecule has 0 rings (SSSR count). The van der Waals surface area contributed by atoms with E-state index in [4.69, 9.17) is 0 Å². The smallest absolute Gasteiger partial charge is 0.0833 e. The summed E-state index contributed by atoms with van der Waals surface area (Å²) in [4.78, 5) is 0. The average molecular weight is 219 g/mol. The molecule has 0 aromatic carbocycles. The van der Waals surface area contributed by atoms with Crippen molar-refractivity contribution < 1.29 is 5.11 Å². The standard InChI is InChI=1S/C11H25NOS/c1-4-5-6-7-8-12-9-11(2,13)10-14-3/h12-13H,4-10H2,1-3H3. The Hall–Kier alpha value is 0.270. The first-order valence-electron chi connectivity index (χ1n) is 5.54. The Balaban J connectivity index is 3.26. The highest BCUT2D eigenvalue weighted by molar-refractivity contribution is 7.98. The first-order valence-corrected chi connectivity index (χ1v) is 6.94. The largest absolute Gasteiger partial charge is 0.388 e. The second kappa shape index (κ2) is 8.57. The highest BCUT2D eigenvalue weighted by Crippen LogP contribution is 2.08. The molecule has 0 fully saturated rings. The van der Waals surface area contributed by atoms with Crippen LogP contribution in [0.3, 0.4) is 0 Å². The van der Waals surface area contributed by atoms with Crippen molar-refractivity contribution in [1.29, 1.82) is 0 Å². The van der Waals surface area contributed by atoms with Crippen LogP contribution >= 0.6 is 11.8 Å². The van der Waals surface area contributed by atoms with Crippen LogP contribution in [0.2, 0.25) is 0 Å². The van der Waals surface area contributed by atoms with Gasteiger partial charge in [-0.2, -0.15) is 11.8 Å². The molecular formula is C11H25NOS. The van der Waals surface area contributed by atoms with Gasteiger partial charge in [-0.3, -0.25) is 0 Å². The zero-order valence-corrected chi connectivity index (χ0v) is 10.6. The van der Waals surface area contributed by atoms with Gasteiger partial charge in [-0.1, -0.05) is 26.2 Å². The van der Waals surface area contributed by atoms with Crippen LogP contribution in [-0.2, 0) is 0 Å². The SMILES string of the molecule is CCCCCCNCC(C)(O)CSC. The molecule has 2 N–H and O–H groups in total. The van der Waals surface area contributed by atoms with Crippen LogP contribution in [0.15, 0.2) is 0 Å². The summed E-state index contributed by atoms with van der Waals surface area (Å²) in [5.74, 6) is 0.801.